The van der Waals surface area contributed by atoms with Crippen molar-refractivity contribution in [3.05, 3.63) is 63.9 Å². The maximum Gasteiger partial charge on any atom is 0.196 e. The maximum absolute atomic E-state index is 13.3. The van der Waals surface area contributed by atoms with Gasteiger partial charge in [-0.1, -0.05) is 11.6 Å². The van der Waals surface area contributed by atoms with Crippen molar-refractivity contribution in [1.82, 2.24) is 0 Å². The average molecular weight is 279 g/mol. The van der Waals surface area contributed by atoms with E-state index in [0.717, 1.165) is 0 Å². The first-order valence-corrected chi connectivity index (χ1v) is 6.04. The molecule has 0 aliphatic heterocycles. The van der Waals surface area contributed by atoms with Crippen LogP contribution in [0.15, 0.2) is 36.4 Å². The predicted molar refractivity (Wildman–Crippen MR) is 72.6 cm³/mol. The molecule has 0 aliphatic carbocycles. The van der Waals surface area contributed by atoms with Crippen molar-refractivity contribution in [1.29, 1.82) is 0 Å². The summed E-state index contributed by atoms with van der Waals surface area (Å²) in [5, 5.41) is 0.476. The third-order valence-electron chi connectivity index (χ3n) is 2.71. The normalized spacial score (nSPS) is 10.3. The highest BCUT2D eigenvalue weighted by molar-refractivity contribution is 6.31. The van der Waals surface area contributed by atoms with Crippen molar-refractivity contribution >= 4 is 17.4 Å². The van der Waals surface area contributed by atoms with Gasteiger partial charge >= 0.3 is 0 Å². The smallest absolute Gasteiger partial charge is 0.196 e. The minimum atomic E-state index is -0.434. The number of hydrogen-bond donors (Lipinski definition) is 0. The zero-order valence-corrected chi connectivity index (χ0v) is 11.3. The van der Waals surface area contributed by atoms with Crippen LogP contribution in [-0.2, 0) is 0 Å². The average Bonchev–Trinajstić information content (AvgIpc) is 2.36. The van der Waals surface area contributed by atoms with Crippen molar-refractivity contribution in [3.8, 4) is 5.75 Å². The number of benzene rings is 2. The molecule has 0 bridgehead atoms. The van der Waals surface area contributed by atoms with Gasteiger partial charge in [0.15, 0.2) is 5.78 Å². The lowest BCUT2D eigenvalue weighted by Crippen LogP contribution is -2.05. The zero-order chi connectivity index (χ0) is 14.0. The lowest BCUT2D eigenvalue weighted by molar-refractivity contribution is 0.103. The second-order valence-corrected chi connectivity index (χ2v) is 4.63. The molecular formula is C15H12ClFO2. The SMILES string of the molecule is COc1cc(Cl)ccc1C(=O)c1cc(C)cc(F)c1. The summed E-state index contributed by atoms with van der Waals surface area (Å²) in [5.41, 5.74) is 1.34. The molecule has 2 aromatic rings. The van der Waals surface area contributed by atoms with Crippen LogP contribution in [0.1, 0.15) is 21.5 Å². The third-order valence-corrected chi connectivity index (χ3v) is 2.95. The van der Waals surface area contributed by atoms with E-state index in [1.54, 1.807) is 31.2 Å². The van der Waals surface area contributed by atoms with Crippen LogP contribution >= 0.6 is 11.6 Å². The van der Waals surface area contributed by atoms with Gasteiger partial charge in [0.2, 0.25) is 0 Å². The highest BCUT2D eigenvalue weighted by atomic mass is 35.5. The van der Waals surface area contributed by atoms with Crippen LogP contribution < -0.4 is 4.74 Å². The first-order valence-electron chi connectivity index (χ1n) is 5.66. The van der Waals surface area contributed by atoms with Crippen molar-refractivity contribution in [2.45, 2.75) is 6.92 Å². The molecule has 0 fully saturated rings. The van der Waals surface area contributed by atoms with Crippen LogP contribution in [0.4, 0.5) is 4.39 Å². The Morgan fingerprint density at radius 1 is 1.21 bits per heavy atom. The van der Waals surface area contributed by atoms with Gasteiger partial charge in [0.25, 0.3) is 0 Å². The van der Waals surface area contributed by atoms with Crippen LogP contribution in [0.5, 0.6) is 5.75 Å². The fourth-order valence-corrected chi connectivity index (χ4v) is 2.04. The molecule has 2 rings (SSSR count). The van der Waals surface area contributed by atoms with Gasteiger partial charge in [-0.15, -0.1) is 0 Å². The van der Waals surface area contributed by atoms with Crippen LogP contribution in [-0.4, -0.2) is 12.9 Å². The van der Waals surface area contributed by atoms with Gasteiger partial charge in [0.1, 0.15) is 11.6 Å². The van der Waals surface area contributed by atoms with Gasteiger partial charge in [0, 0.05) is 10.6 Å². The molecule has 19 heavy (non-hydrogen) atoms. The molecular weight excluding hydrogens is 267 g/mol. The molecule has 0 aromatic heterocycles. The van der Waals surface area contributed by atoms with Gasteiger partial charge in [-0.25, -0.2) is 4.39 Å². The van der Waals surface area contributed by atoms with E-state index in [4.69, 9.17) is 16.3 Å². The first-order chi connectivity index (χ1) is 9.01. The lowest BCUT2D eigenvalue weighted by Gasteiger charge is -2.08. The standard InChI is InChI=1S/C15H12ClFO2/c1-9-5-10(7-12(17)6-9)15(18)13-4-3-11(16)8-14(13)19-2/h3-8H,1-2H3. The second kappa shape index (κ2) is 5.41. The van der Waals surface area contributed by atoms with Crippen LogP contribution in [0.3, 0.4) is 0 Å². The molecule has 0 atom stereocenters. The van der Waals surface area contributed by atoms with Gasteiger partial charge in [-0.3, -0.25) is 4.79 Å². The Balaban J connectivity index is 2.49. The maximum atomic E-state index is 13.3. The highest BCUT2D eigenvalue weighted by Gasteiger charge is 2.15. The first kappa shape index (κ1) is 13.6. The molecule has 98 valence electrons. The van der Waals surface area contributed by atoms with Crippen molar-refractivity contribution < 1.29 is 13.9 Å². The largest absolute Gasteiger partial charge is 0.496 e. The van der Waals surface area contributed by atoms with E-state index < -0.39 is 5.82 Å². The molecule has 2 nitrogen and oxygen atoms in total. The summed E-state index contributed by atoms with van der Waals surface area (Å²) in [6.07, 6.45) is 0. The molecule has 4 heteroatoms. The minimum absolute atomic E-state index is 0.290. The van der Waals surface area contributed by atoms with E-state index in [-0.39, 0.29) is 11.3 Å². The van der Waals surface area contributed by atoms with E-state index in [2.05, 4.69) is 0 Å². The summed E-state index contributed by atoms with van der Waals surface area (Å²) in [6.45, 7) is 1.74. The molecule has 0 spiro atoms. The van der Waals surface area contributed by atoms with Crippen molar-refractivity contribution in [2.24, 2.45) is 0 Å². The van der Waals surface area contributed by atoms with Gasteiger partial charge in [-0.2, -0.15) is 0 Å². The molecule has 0 heterocycles. The summed E-state index contributed by atoms with van der Waals surface area (Å²) in [6, 6.07) is 8.95. The fraction of sp³-hybridized carbons (Fsp3) is 0.133. The zero-order valence-electron chi connectivity index (χ0n) is 10.5. The van der Waals surface area contributed by atoms with Crippen LogP contribution in [0.2, 0.25) is 5.02 Å². The number of hydrogen-bond acceptors (Lipinski definition) is 2. The Labute approximate surface area is 115 Å². The van der Waals surface area contributed by atoms with E-state index in [0.29, 0.717) is 21.9 Å². The number of ketones is 1. The fourth-order valence-electron chi connectivity index (χ4n) is 1.88. The Bertz CT molecular complexity index is 618. The molecule has 0 saturated carbocycles. The Kier molecular flexibility index (Phi) is 3.86. The summed E-state index contributed by atoms with van der Waals surface area (Å²) < 4.78 is 18.5. The van der Waals surface area contributed by atoms with E-state index in [9.17, 15) is 9.18 Å². The minimum Gasteiger partial charge on any atom is -0.496 e. The Morgan fingerprint density at radius 3 is 2.58 bits per heavy atom. The number of aryl methyl sites for hydroxylation is 1. The second-order valence-electron chi connectivity index (χ2n) is 4.19. The molecule has 0 amide bonds. The molecule has 2 aromatic carbocycles. The number of halogens is 2. The van der Waals surface area contributed by atoms with Crippen LogP contribution in [0.25, 0.3) is 0 Å². The predicted octanol–water partition coefficient (Wildman–Crippen LogP) is 4.03. The number of carbonyl (C=O) groups is 1. The van der Waals surface area contributed by atoms with Gasteiger partial charge in [0.05, 0.1) is 12.7 Å². The topological polar surface area (TPSA) is 26.3 Å². The number of ether oxygens (including phenoxy) is 1. The lowest BCUT2D eigenvalue weighted by atomic mass is 10.0. The van der Waals surface area contributed by atoms with Gasteiger partial charge in [-0.05, 0) is 48.9 Å². The summed E-state index contributed by atoms with van der Waals surface area (Å²) in [7, 11) is 1.46. The van der Waals surface area contributed by atoms with E-state index >= 15 is 0 Å². The summed E-state index contributed by atoms with van der Waals surface area (Å²) in [5.74, 6) is -0.355. The number of carbonyl (C=O) groups excluding carboxylic acids is 1. The molecule has 0 saturated heterocycles. The summed E-state index contributed by atoms with van der Waals surface area (Å²) >= 11 is 5.85. The highest BCUT2D eigenvalue weighted by Crippen LogP contribution is 2.26. The van der Waals surface area contributed by atoms with Crippen LogP contribution in [0, 0.1) is 12.7 Å². The van der Waals surface area contributed by atoms with Crippen molar-refractivity contribution in [2.75, 3.05) is 7.11 Å². The molecule has 0 N–H and O–H groups in total. The molecule has 0 unspecified atom stereocenters. The van der Waals surface area contributed by atoms with E-state index in [1.807, 2.05) is 0 Å². The summed E-state index contributed by atoms with van der Waals surface area (Å²) in [4.78, 5) is 12.4. The molecule has 0 aliphatic rings. The molecule has 0 radical (unpaired) electrons. The quantitative estimate of drug-likeness (QED) is 0.793. The Morgan fingerprint density at radius 2 is 1.95 bits per heavy atom. The Hall–Kier alpha value is -1.87. The number of rotatable bonds is 3. The monoisotopic (exact) mass is 278 g/mol. The van der Waals surface area contributed by atoms with E-state index in [1.165, 1.54) is 19.2 Å². The van der Waals surface area contributed by atoms with Gasteiger partial charge < -0.3 is 4.74 Å². The van der Waals surface area contributed by atoms with Crippen molar-refractivity contribution in [3.63, 3.8) is 0 Å². The third kappa shape index (κ3) is 2.93. The number of methoxy groups -OCH3 is 1.